The van der Waals surface area contributed by atoms with E-state index in [9.17, 15) is 19.2 Å². The first kappa shape index (κ1) is 20.2. The third-order valence-corrected chi connectivity index (χ3v) is 6.75. The van der Waals surface area contributed by atoms with Crippen LogP contribution in [0.5, 0.6) is 0 Å². The minimum absolute atomic E-state index is 0.108. The Kier molecular flexibility index (Phi) is 4.89. The Bertz CT molecular complexity index is 1130. The topological polar surface area (TPSA) is 95.6 Å². The van der Waals surface area contributed by atoms with Gasteiger partial charge in [-0.3, -0.25) is 24.1 Å². The molecule has 4 amide bonds. The van der Waals surface area contributed by atoms with Crippen LogP contribution in [0, 0.1) is 30.6 Å². The molecule has 1 saturated heterocycles. The molecule has 2 aliphatic carbocycles. The number of hydrogen-bond donors (Lipinski definition) is 2. The van der Waals surface area contributed by atoms with E-state index in [-0.39, 0.29) is 47.9 Å². The monoisotopic (exact) mass is 429 g/mol. The standard InChI is InChI=1S/C25H23N3O4/c1-14-18(23(30)26-17-6-3-2-4-7-17)8-5-9-19(14)27-20(29)13-28-24(31)21-15-10-11-16(12-15)22(21)25(28)32/h2-11,15-16,21-22H,12-13H2,1H3,(H,26,30)(H,27,29). The lowest BCUT2D eigenvalue weighted by molar-refractivity contribution is -0.143. The summed E-state index contributed by atoms with van der Waals surface area (Å²) in [4.78, 5) is 52.1. The first-order valence-corrected chi connectivity index (χ1v) is 10.7. The van der Waals surface area contributed by atoms with E-state index in [4.69, 9.17) is 0 Å². The highest BCUT2D eigenvalue weighted by Gasteiger charge is 2.59. The van der Waals surface area contributed by atoms with Gasteiger partial charge < -0.3 is 10.6 Å². The van der Waals surface area contributed by atoms with Crippen LogP contribution in [0.15, 0.2) is 60.7 Å². The molecule has 1 aliphatic heterocycles. The zero-order valence-electron chi connectivity index (χ0n) is 17.6. The van der Waals surface area contributed by atoms with Crippen molar-refractivity contribution < 1.29 is 19.2 Å². The number of benzene rings is 2. The smallest absolute Gasteiger partial charge is 0.256 e. The molecule has 4 atom stereocenters. The lowest BCUT2D eigenvalue weighted by Gasteiger charge is -2.18. The number of nitrogens with zero attached hydrogens (tertiary/aromatic N) is 1. The number of carbonyl (C=O) groups is 4. The third-order valence-electron chi connectivity index (χ3n) is 6.75. The molecule has 7 nitrogen and oxygen atoms in total. The van der Waals surface area contributed by atoms with Gasteiger partial charge >= 0.3 is 0 Å². The summed E-state index contributed by atoms with van der Waals surface area (Å²) in [5, 5.41) is 5.59. The maximum atomic E-state index is 12.8. The van der Waals surface area contributed by atoms with Gasteiger partial charge in [-0.2, -0.15) is 0 Å². The normalized spacial score (nSPS) is 25.2. The zero-order chi connectivity index (χ0) is 22.4. The fourth-order valence-electron chi connectivity index (χ4n) is 5.19. The van der Waals surface area contributed by atoms with Crippen LogP contribution in [-0.4, -0.2) is 35.1 Å². The maximum Gasteiger partial charge on any atom is 0.256 e. The van der Waals surface area contributed by atoms with Gasteiger partial charge in [-0.15, -0.1) is 0 Å². The van der Waals surface area contributed by atoms with Gasteiger partial charge in [-0.25, -0.2) is 0 Å². The van der Waals surface area contributed by atoms with Crippen LogP contribution in [0.4, 0.5) is 11.4 Å². The summed E-state index contributed by atoms with van der Waals surface area (Å²) in [6, 6.07) is 14.2. The average Bonchev–Trinajstić information content (AvgIpc) is 3.46. The van der Waals surface area contributed by atoms with Crippen molar-refractivity contribution in [3.8, 4) is 0 Å². The number of likely N-dealkylation sites (tertiary alicyclic amines) is 1. The Labute approximate surface area is 185 Å². The highest BCUT2D eigenvalue weighted by Crippen LogP contribution is 2.52. The van der Waals surface area contributed by atoms with E-state index in [0.717, 1.165) is 11.3 Å². The highest BCUT2D eigenvalue weighted by molar-refractivity contribution is 6.10. The Morgan fingerprint density at radius 1 is 0.906 bits per heavy atom. The molecule has 1 saturated carbocycles. The number of para-hydroxylation sites is 1. The number of carbonyl (C=O) groups excluding carboxylic acids is 4. The molecule has 2 aromatic carbocycles. The molecule has 2 bridgehead atoms. The van der Waals surface area contributed by atoms with Crippen molar-refractivity contribution in [1.29, 1.82) is 0 Å². The highest BCUT2D eigenvalue weighted by atomic mass is 16.2. The lowest BCUT2D eigenvalue weighted by Crippen LogP contribution is -2.39. The number of hydrogen-bond acceptors (Lipinski definition) is 4. The summed E-state index contributed by atoms with van der Waals surface area (Å²) in [6.07, 6.45) is 4.90. The summed E-state index contributed by atoms with van der Waals surface area (Å²) in [7, 11) is 0. The van der Waals surface area contributed by atoms with Crippen LogP contribution in [0.1, 0.15) is 22.3 Å². The van der Waals surface area contributed by atoms with Crippen molar-refractivity contribution in [3.63, 3.8) is 0 Å². The molecule has 5 rings (SSSR count). The van der Waals surface area contributed by atoms with Crippen molar-refractivity contribution in [2.75, 3.05) is 17.2 Å². The number of anilines is 2. The zero-order valence-corrected chi connectivity index (χ0v) is 17.6. The fourth-order valence-corrected chi connectivity index (χ4v) is 5.19. The molecule has 2 fully saturated rings. The summed E-state index contributed by atoms with van der Waals surface area (Å²) in [6.45, 7) is 1.43. The molecule has 2 aromatic rings. The van der Waals surface area contributed by atoms with Crippen LogP contribution in [0.25, 0.3) is 0 Å². The predicted octanol–water partition coefficient (Wildman–Crippen LogP) is 2.99. The van der Waals surface area contributed by atoms with Crippen LogP contribution in [0.2, 0.25) is 0 Å². The van der Waals surface area contributed by atoms with Crippen LogP contribution in [-0.2, 0) is 14.4 Å². The van der Waals surface area contributed by atoms with E-state index in [0.29, 0.717) is 22.5 Å². The Morgan fingerprint density at radius 2 is 1.56 bits per heavy atom. The number of nitrogens with one attached hydrogen (secondary N) is 2. The lowest BCUT2D eigenvalue weighted by atomic mass is 9.85. The number of imide groups is 1. The Balaban J connectivity index is 1.27. The van der Waals surface area contributed by atoms with Crippen molar-refractivity contribution in [2.24, 2.45) is 23.7 Å². The number of allylic oxidation sites excluding steroid dienone is 2. The molecule has 3 aliphatic rings. The molecule has 4 unspecified atom stereocenters. The van der Waals surface area contributed by atoms with E-state index in [2.05, 4.69) is 10.6 Å². The van der Waals surface area contributed by atoms with Crippen molar-refractivity contribution >= 4 is 35.0 Å². The Morgan fingerprint density at radius 3 is 2.22 bits per heavy atom. The minimum atomic E-state index is -0.462. The van der Waals surface area contributed by atoms with E-state index < -0.39 is 5.91 Å². The second-order valence-corrected chi connectivity index (χ2v) is 8.61. The average molecular weight is 429 g/mol. The number of fused-ring (bicyclic) bond motifs is 5. The second kappa shape index (κ2) is 7.75. The van der Waals surface area contributed by atoms with E-state index >= 15 is 0 Å². The summed E-state index contributed by atoms with van der Waals surface area (Å²) in [5.74, 6) is -1.68. The largest absolute Gasteiger partial charge is 0.324 e. The van der Waals surface area contributed by atoms with Crippen LogP contribution >= 0.6 is 0 Å². The summed E-state index contributed by atoms with van der Waals surface area (Å²) in [5.41, 5.74) is 2.17. The van der Waals surface area contributed by atoms with Crippen molar-refractivity contribution in [2.45, 2.75) is 13.3 Å². The SMILES string of the molecule is Cc1c(NC(=O)CN2C(=O)C3C4C=CC(C4)C3C2=O)cccc1C(=O)Nc1ccccc1. The molecular weight excluding hydrogens is 406 g/mol. The second-order valence-electron chi connectivity index (χ2n) is 8.61. The van der Waals surface area contributed by atoms with Gasteiger partial charge in [0, 0.05) is 16.9 Å². The predicted molar refractivity (Wildman–Crippen MR) is 119 cm³/mol. The van der Waals surface area contributed by atoms with Gasteiger partial charge in [0.25, 0.3) is 5.91 Å². The van der Waals surface area contributed by atoms with Crippen molar-refractivity contribution in [1.82, 2.24) is 4.90 Å². The molecule has 0 spiro atoms. The molecular formula is C25H23N3O4. The number of rotatable bonds is 5. The first-order chi connectivity index (χ1) is 15.4. The van der Waals surface area contributed by atoms with Gasteiger partial charge in [0.05, 0.1) is 11.8 Å². The molecule has 32 heavy (non-hydrogen) atoms. The van der Waals surface area contributed by atoms with Crippen molar-refractivity contribution in [3.05, 3.63) is 71.8 Å². The maximum absolute atomic E-state index is 12.8. The molecule has 1 heterocycles. The van der Waals surface area contributed by atoms with E-state index in [1.54, 1.807) is 37.3 Å². The van der Waals surface area contributed by atoms with Gasteiger partial charge in [0.15, 0.2) is 0 Å². The fraction of sp³-hybridized carbons (Fsp3) is 0.280. The molecule has 162 valence electrons. The van der Waals surface area contributed by atoms with Gasteiger partial charge in [0.1, 0.15) is 6.54 Å². The summed E-state index contributed by atoms with van der Waals surface area (Å²) >= 11 is 0. The number of amides is 4. The van der Waals surface area contributed by atoms with E-state index in [1.165, 1.54) is 0 Å². The van der Waals surface area contributed by atoms with E-state index in [1.807, 2.05) is 30.4 Å². The van der Waals surface area contributed by atoms with Gasteiger partial charge in [0.2, 0.25) is 17.7 Å². The minimum Gasteiger partial charge on any atom is -0.324 e. The first-order valence-electron chi connectivity index (χ1n) is 10.7. The third kappa shape index (κ3) is 3.30. The van der Waals surface area contributed by atoms with Gasteiger partial charge in [-0.05, 0) is 55.0 Å². The van der Waals surface area contributed by atoms with Crippen LogP contribution in [0.3, 0.4) is 0 Å². The Hall–Kier alpha value is -3.74. The van der Waals surface area contributed by atoms with Gasteiger partial charge in [-0.1, -0.05) is 36.4 Å². The molecule has 7 heteroatoms. The molecule has 0 radical (unpaired) electrons. The molecule has 2 N–H and O–H groups in total. The molecule has 0 aromatic heterocycles. The quantitative estimate of drug-likeness (QED) is 0.564. The summed E-state index contributed by atoms with van der Waals surface area (Å²) < 4.78 is 0. The van der Waals surface area contributed by atoms with Crippen LogP contribution < -0.4 is 10.6 Å².